The summed E-state index contributed by atoms with van der Waals surface area (Å²) < 4.78 is 10.6. The molecule has 1 heterocycles. The molecule has 1 saturated heterocycles. The van der Waals surface area contributed by atoms with Gasteiger partial charge in [-0.1, -0.05) is 6.07 Å². The van der Waals surface area contributed by atoms with E-state index in [9.17, 15) is 9.90 Å². The molecule has 7 nitrogen and oxygen atoms in total. The van der Waals surface area contributed by atoms with E-state index in [1.165, 1.54) is 0 Å². The number of hydrogen-bond acceptors (Lipinski definition) is 6. The quantitative estimate of drug-likeness (QED) is 0.698. The summed E-state index contributed by atoms with van der Waals surface area (Å²) in [6, 6.07) is 7.15. The Bertz CT molecular complexity index is 506. The molecule has 0 bridgehead atoms. The van der Waals surface area contributed by atoms with Crippen molar-refractivity contribution in [1.82, 2.24) is 10.4 Å². The Balaban J connectivity index is 1.59. The molecule has 0 unspecified atom stereocenters. The van der Waals surface area contributed by atoms with Crippen molar-refractivity contribution in [3.63, 3.8) is 0 Å². The van der Waals surface area contributed by atoms with Gasteiger partial charge >= 0.3 is 0 Å². The number of carbonyl (C=O) groups excluding carboxylic acids is 1. The number of amides is 1. The van der Waals surface area contributed by atoms with Crippen molar-refractivity contribution in [3.05, 3.63) is 24.3 Å². The number of ether oxygens (including phenoxy) is 2. The number of benzene rings is 1. The lowest BCUT2D eigenvalue weighted by Gasteiger charge is -2.25. The molecule has 1 aliphatic rings. The molecule has 0 aliphatic carbocycles. The summed E-state index contributed by atoms with van der Waals surface area (Å²) in [4.78, 5) is 17.2. The van der Waals surface area contributed by atoms with Gasteiger partial charge in [-0.3, -0.25) is 9.63 Å². The van der Waals surface area contributed by atoms with E-state index < -0.39 is 6.10 Å². The molecule has 7 heteroatoms. The average molecular weight is 338 g/mol. The van der Waals surface area contributed by atoms with Crippen LogP contribution in [0.25, 0.3) is 0 Å². The highest BCUT2D eigenvalue weighted by molar-refractivity contribution is 5.76. The molecule has 24 heavy (non-hydrogen) atoms. The molecule has 0 spiro atoms. The Labute approximate surface area is 142 Å². The van der Waals surface area contributed by atoms with E-state index >= 15 is 0 Å². The van der Waals surface area contributed by atoms with Crippen molar-refractivity contribution in [3.8, 4) is 11.5 Å². The lowest BCUT2D eigenvalue weighted by Crippen LogP contribution is -2.38. The van der Waals surface area contributed by atoms with Crippen molar-refractivity contribution >= 4 is 5.91 Å². The van der Waals surface area contributed by atoms with Gasteiger partial charge in [0.1, 0.15) is 24.2 Å². The number of aliphatic hydroxyl groups excluding tert-OH is 1. The van der Waals surface area contributed by atoms with Crippen LogP contribution in [0.15, 0.2) is 24.3 Å². The largest absolute Gasteiger partial charge is 0.497 e. The van der Waals surface area contributed by atoms with E-state index in [1.807, 2.05) is 17.2 Å². The number of rotatable bonds is 9. The zero-order chi connectivity index (χ0) is 17.2. The minimum atomic E-state index is -0.772. The first-order valence-corrected chi connectivity index (χ1v) is 8.27. The van der Waals surface area contributed by atoms with Gasteiger partial charge in [0.2, 0.25) is 5.91 Å². The first-order chi connectivity index (χ1) is 11.7. The molecule has 134 valence electrons. The van der Waals surface area contributed by atoms with Crippen LogP contribution in [0.2, 0.25) is 0 Å². The maximum Gasteiger partial charge on any atom is 0.221 e. The second-order valence-corrected chi connectivity index (χ2v) is 5.67. The van der Waals surface area contributed by atoms with Crippen molar-refractivity contribution in [2.75, 3.05) is 40.0 Å². The molecule has 1 fully saturated rings. The first kappa shape index (κ1) is 18.5. The zero-order valence-electron chi connectivity index (χ0n) is 14.1. The third-order valence-corrected chi connectivity index (χ3v) is 3.68. The van der Waals surface area contributed by atoms with Crippen molar-refractivity contribution in [1.29, 1.82) is 0 Å². The summed E-state index contributed by atoms with van der Waals surface area (Å²) in [5.41, 5.74) is 0. The van der Waals surface area contributed by atoms with Gasteiger partial charge in [-0.2, -0.15) is 5.06 Å². The maximum absolute atomic E-state index is 11.8. The van der Waals surface area contributed by atoms with Crippen molar-refractivity contribution in [2.24, 2.45) is 0 Å². The Morgan fingerprint density at radius 2 is 2.25 bits per heavy atom. The van der Waals surface area contributed by atoms with E-state index in [2.05, 4.69) is 5.32 Å². The molecule has 1 atom stereocenters. The summed E-state index contributed by atoms with van der Waals surface area (Å²) in [5.74, 6) is 1.20. The summed E-state index contributed by atoms with van der Waals surface area (Å²) in [7, 11) is 1.58. The van der Waals surface area contributed by atoms with Crippen LogP contribution in [0.5, 0.6) is 11.5 Å². The number of nitrogens with zero attached hydrogens (tertiary/aromatic N) is 1. The highest BCUT2D eigenvalue weighted by atomic mass is 16.7. The Morgan fingerprint density at radius 1 is 1.42 bits per heavy atom. The Hall–Kier alpha value is -1.83. The van der Waals surface area contributed by atoms with E-state index in [0.29, 0.717) is 24.5 Å². The van der Waals surface area contributed by atoms with Gasteiger partial charge in [0, 0.05) is 32.1 Å². The molecule has 1 aromatic carbocycles. The zero-order valence-corrected chi connectivity index (χ0v) is 14.1. The molecule has 1 aliphatic heterocycles. The topological polar surface area (TPSA) is 80.3 Å². The third-order valence-electron chi connectivity index (χ3n) is 3.68. The van der Waals surface area contributed by atoms with Gasteiger partial charge in [0.15, 0.2) is 0 Å². The fraction of sp³-hybridized carbons (Fsp3) is 0.588. The van der Waals surface area contributed by atoms with E-state index in [0.717, 1.165) is 26.0 Å². The molecule has 2 N–H and O–H groups in total. The standard InChI is InChI=1S/C17H26N2O5/c1-22-15-5-4-6-16(11-15)23-13-14(20)12-18-17(21)7-9-19-8-2-3-10-24-19/h4-6,11,14,20H,2-3,7-10,12-13H2,1H3,(H,18,21)/t14-/m1/s1. The Morgan fingerprint density at radius 3 is 3.00 bits per heavy atom. The first-order valence-electron chi connectivity index (χ1n) is 8.27. The SMILES string of the molecule is COc1cccc(OC[C@H](O)CNC(=O)CCN2CCCCO2)c1. The monoisotopic (exact) mass is 338 g/mol. The van der Waals surface area contributed by atoms with Crippen molar-refractivity contribution in [2.45, 2.75) is 25.4 Å². The number of carbonyl (C=O) groups is 1. The van der Waals surface area contributed by atoms with Crippen LogP contribution in [-0.4, -0.2) is 62.1 Å². The minimum Gasteiger partial charge on any atom is -0.497 e. The smallest absolute Gasteiger partial charge is 0.221 e. The second-order valence-electron chi connectivity index (χ2n) is 5.67. The van der Waals surface area contributed by atoms with E-state index in [1.54, 1.807) is 19.2 Å². The predicted molar refractivity (Wildman–Crippen MR) is 88.9 cm³/mol. The second kappa shape index (κ2) is 10.1. The molecule has 0 saturated carbocycles. The molecule has 0 radical (unpaired) electrons. The number of hydroxylamine groups is 2. The highest BCUT2D eigenvalue weighted by Crippen LogP contribution is 2.18. The highest BCUT2D eigenvalue weighted by Gasteiger charge is 2.13. The summed E-state index contributed by atoms with van der Waals surface area (Å²) in [6.07, 6.45) is 1.75. The van der Waals surface area contributed by atoms with Gasteiger partial charge in [-0.15, -0.1) is 0 Å². The molecule has 1 amide bonds. The summed E-state index contributed by atoms with van der Waals surface area (Å²) >= 11 is 0. The number of hydrogen-bond donors (Lipinski definition) is 2. The molecule has 2 rings (SSSR count). The van der Waals surface area contributed by atoms with Crippen LogP contribution in [0.4, 0.5) is 0 Å². The lowest BCUT2D eigenvalue weighted by molar-refractivity contribution is -0.181. The van der Waals surface area contributed by atoms with Crippen LogP contribution in [0.3, 0.4) is 0 Å². The van der Waals surface area contributed by atoms with Crippen LogP contribution in [-0.2, 0) is 9.63 Å². The summed E-state index contributed by atoms with van der Waals surface area (Å²) in [6.45, 7) is 2.42. The molecular weight excluding hydrogens is 312 g/mol. The van der Waals surface area contributed by atoms with Crippen LogP contribution >= 0.6 is 0 Å². The fourth-order valence-corrected chi connectivity index (χ4v) is 2.31. The van der Waals surface area contributed by atoms with Gasteiger partial charge < -0.3 is 19.9 Å². The average Bonchev–Trinajstić information content (AvgIpc) is 2.64. The summed E-state index contributed by atoms with van der Waals surface area (Å²) in [5, 5.41) is 14.4. The van der Waals surface area contributed by atoms with E-state index in [4.69, 9.17) is 14.3 Å². The van der Waals surface area contributed by atoms with Crippen LogP contribution < -0.4 is 14.8 Å². The normalized spacial score (nSPS) is 16.4. The fourth-order valence-electron chi connectivity index (χ4n) is 2.31. The predicted octanol–water partition coefficient (Wildman–Crippen LogP) is 0.969. The number of methoxy groups -OCH3 is 1. The van der Waals surface area contributed by atoms with Gasteiger partial charge in [0.05, 0.1) is 13.7 Å². The van der Waals surface area contributed by atoms with Gasteiger partial charge in [0.25, 0.3) is 0 Å². The van der Waals surface area contributed by atoms with Crippen LogP contribution in [0.1, 0.15) is 19.3 Å². The molecule has 0 aromatic heterocycles. The van der Waals surface area contributed by atoms with E-state index in [-0.39, 0.29) is 19.1 Å². The molecule has 1 aromatic rings. The third kappa shape index (κ3) is 6.74. The van der Waals surface area contributed by atoms with Crippen molar-refractivity contribution < 1.29 is 24.2 Å². The van der Waals surface area contributed by atoms with Crippen LogP contribution in [0, 0.1) is 0 Å². The minimum absolute atomic E-state index is 0.0999. The maximum atomic E-state index is 11.8. The Kier molecular flexibility index (Phi) is 7.81. The number of aliphatic hydroxyl groups is 1. The van der Waals surface area contributed by atoms with Gasteiger partial charge in [-0.05, 0) is 25.0 Å². The molecular formula is C17H26N2O5. The number of nitrogens with one attached hydrogen (secondary N) is 1. The van der Waals surface area contributed by atoms with Gasteiger partial charge in [-0.25, -0.2) is 0 Å². The lowest BCUT2D eigenvalue weighted by atomic mass is 10.3.